The van der Waals surface area contributed by atoms with Gasteiger partial charge >= 0.3 is 0 Å². The maximum absolute atomic E-state index is 2.59. The van der Waals surface area contributed by atoms with Gasteiger partial charge in [0.1, 0.15) is 0 Å². The molecule has 16 heavy (non-hydrogen) atoms. The van der Waals surface area contributed by atoms with Crippen molar-refractivity contribution in [1.82, 2.24) is 0 Å². The van der Waals surface area contributed by atoms with E-state index in [4.69, 9.17) is 0 Å². The molecule has 0 amide bonds. The van der Waals surface area contributed by atoms with Gasteiger partial charge in [0.2, 0.25) is 0 Å². The summed E-state index contributed by atoms with van der Waals surface area (Å²) in [5.74, 6) is 0. The average molecular weight is 298 g/mol. The Bertz CT molecular complexity index is 181. The smallest absolute Gasteiger partial charge is 0.0198 e. The summed E-state index contributed by atoms with van der Waals surface area (Å²) in [7, 11) is 0.492. The van der Waals surface area contributed by atoms with E-state index in [2.05, 4.69) is 67.2 Å². The third kappa shape index (κ3) is 2.83. The summed E-state index contributed by atoms with van der Waals surface area (Å²) in [5.41, 5.74) is 0. The van der Waals surface area contributed by atoms with Crippen LogP contribution >= 0.6 is 31.7 Å². The second kappa shape index (κ2) is 6.25. The minimum atomic E-state index is 0.123. The molecule has 98 valence electrons. The van der Waals surface area contributed by atoms with Crippen LogP contribution in [0.2, 0.25) is 0 Å². The van der Waals surface area contributed by atoms with Gasteiger partial charge in [0.05, 0.1) is 0 Å². The van der Waals surface area contributed by atoms with Gasteiger partial charge in [-0.15, -0.1) is 31.7 Å². The second-order valence-electron chi connectivity index (χ2n) is 5.62. The predicted molar refractivity (Wildman–Crippen MR) is 91.9 cm³/mol. The maximum Gasteiger partial charge on any atom is 0.0198 e. The van der Waals surface area contributed by atoms with E-state index in [9.17, 15) is 0 Å². The molecule has 0 rings (SSSR count). The predicted octanol–water partition coefficient (Wildman–Crippen LogP) is 5.38. The van der Waals surface area contributed by atoms with Crippen molar-refractivity contribution in [2.45, 2.75) is 23.6 Å². The second-order valence-corrected chi connectivity index (χ2v) is 17.1. The molecule has 0 radical (unpaired) electrons. The highest BCUT2D eigenvalue weighted by molar-refractivity contribution is 7.83. The lowest BCUT2D eigenvalue weighted by Gasteiger charge is -2.57. The molecule has 0 aliphatic rings. The molecule has 0 aliphatic carbocycles. The van der Waals surface area contributed by atoms with Crippen molar-refractivity contribution in [3.05, 3.63) is 0 Å². The summed E-state index contributed by atoms with van der Waals surface area (Å²) in [6, 6.07) is 0. The summed E-state index contributed by atoms with van der Waals surface area (Å²) >= 11 is 0. The summed E-state index contributed by atoms with van der Waals surface area (Å²) < 4.78 is 0. The quantitative estimate of drug-likeness (QED) is 0.597. The van der Waals surface area contributed by atoms with Crippen LogP contribution in [-0.4, -0.2) is 63.1 Å². The molecule has 0 saturated carbocycles. The summed E-state index contributed by atoms with van der Waals surface area (Å²) in [5, 5.41) is 0. The molecule has 0 nitrogen and oxygen atoms in total. The van der Waals surface area contributed by atoms with Gasteiger partial charge < -0.3 is 0 Å². The van der Waals surface area contributed by atoms with Crippen LogP contribution in [0.4, 0.5) is 0 Å². The van der Waals surface area contributed by atoms with Gasteiger partial charge in [-0.25, -0.2) is 0 Å². The number of hydrogen-bond donors (Lipinski definition) is 0. The van der Waals surface area contributed by atoms with Gasteiger partial charge in [0, 0.05) is 9.79 Å². The van der Waals surface area contributed by atoms with Crippen LogP contribution in [0.3, 0.4) is 0 Å². The summed E-state index contributed by atoms with van der Waals surface area (Å²) in [4.78, 5) is 1.17. The molecular formula is C12H30P4. The van der Waals surface area contributed by atoms with Crippen LogP contribution in [0.25, 0.3) is 0 Å². The van der Waals surface area contributed by atoms with Crippen molar-refractivity contribution in [3.63, 3.8) is 0 Å². The fourth-order valence-corrected chi connectivity index (χ4v) is 17.1. The first-order valence-corrected chi connectivity index (χ1v) is 14.7. The molecule has 0 atom stereocenters. The lowest BCUT2D eigenvalue weighted by molar-refractivity contribution is 0.768. The Hall–Kier alpha value is 1.72. The van der Waals surface area contributed by atoms with Gasteiger partial charge in [-0.1, -0.05) is 13.8 Å². The van der Waals surface area contributed by atoms with Crippen LogP contribution in [0.1, 0.15) is 13.8 Å². The summed E-state index contributed by atoms with van der Waals surface area (Å²) in [6.07, 6.45) is 0. The van der Waals surface area contributed by atoms with Gasteiger partial charge in [-0.2, -0.15) is 0 Å². The lowest BCUT2D eigenvalue weighted by Crippen LogP contribution is -2.43. The van der Waals surface area contributed by atoms with Crippen molar-refractivity contribution >= 4 is 31.7 Å². The third-order valence-electron chi connectivity index (χ3n) is 4.38. The topological polar surface area (TPSA) is 0 Å². The highest BCUT2D eigenvalue weighted by Gasteiger charge is 2.52. The molecular weight excluding hydrogens is 268 g/mol. The highest BCUT2D eigenvalue weighted by atomic mass is 31.2. The first kappa shape index (κ1) is 17.7. The average Bonchev–Trinajstić information content (AvgIpc) is 2.13. The normalized spacial score (nSPS) is 14.6. The van der Waals surface area contributed by atoms with E-state index in [-0.39, 0.29) is 31.7 Å². The zero-order chi connectivity index (χ0) is 13.3. The van der Waals surface area contributed by atoms with E-state index in [1.165, 1.54) is 0 Å². The summed E-state index contributed by atoms with van der Waals surface area (Å²) in [6.45, 7) is 25.1. The zero-order valence-electron chi connectivity index (χ0n) is 12.8. The SMILES string of the molecule is CP(C)C(C)(P(C)C)C(C)(P(C)C)P(C)C. The Balaban J connectivity index is 5.64. The van der Waals surface area contributed by atoms with E-state index in [1.54, 1.807) is 0 Å². The molecule has 0 aromatic rings. The van der Waals surface area contributed by atoms with Crippen molar-refractivity contribution in [2.75, 3.05) is 53.3 Å². The Morgan fingerprint density at radius 3 is 0.625 bits per heavy atom. The van der Waals surface area contributed by atoms with Gasteiger partial charge in [-0.05, 0) is 53.3 Å². The fraction of sp³-hybridized carbons (Fsp3) is 1.00. The molecule has 0 fully saturated rings. The largest absolute Gasteiger partial charge is 0.101 e. The Labute approximate surface area is 109 Å². The van der Waals surface area contributed by atoms with Crippen molar-refractivity contribution in [1.29, 1.82) is 0 Å². The number of hydrogen-bond acceptors (Lipinski definition) is 0. The monoisotopic (exact) mass is 298 g/mol. The van der Waals surface area contributed by atoms with E-state index < -0.39 is 0 Å². The van der Waals surface area contributed by atoms with E-state index in [0.29, 0.717) is 9.79 Å². The van der Waals surface area contributed by atoms with Crippen molar-refractivity contribution in [3.8, 4) is 0 Å². The molecule has 0 heterocycles. The number of rotatable bonds is 5. The Kier molecular flexibility index (Phi) is 6.92. The van der Waals surface area contributed by atoms with Crippen LogP contribution in [0.5, 0.6) is 0 Å². The van der Waals surface area contributed by atoms with Crippen LogP contribution in [0, 0.1) is 0 Å². The molecule has 0 aromatic heterocycles. The molecule has 0 bridgehead atoms. The standard InChI is InChI=1S/C12H30P4/c1-11(13(3)4,14(5)6)12(2,15(7)8)16(9)10/h1-10H3. The zero-order valence-corrected chi connectivity index (χ0v) is 16.4. The molecule has 0 N–H and O–H groups in total. The first-order chi connectivity index (χ1) is 7.02. The van der Waals surface area contributed by atoms with Crippen LogP contribution < -0.4 is 0 Å². The van der Waals surface area contributed by atoms with Gasteiger partial charge in [0.15, 0.2) is 0 Å². The van der Waals surface area contributed by atoms with Crippen LogP contribution in [-0.2, 0) is 0 Å². The highest BCUT2D eigenvalue weighted by Crippen LogP contribution is 2.79. The minimum absolute atomic E-state index is 0.123. The minimum Gasteiger partial charge on any atom is -0.101 e. The van der Waals surface area contributed by atoms with E-state index in [0.717, 1.165) is 0 Å². The van der Waals surface area contributed by atoms with Gasteiger partial charge in [-0.3, -0.25) is 0 Å². The Morgan fingerprint density at radius 2 is 0.562 bits per heavy atom. The molecule has 4 heteroatoms. The third-order valence-corrected chi connectivity index (χ3v) is 18.6. The van der Waals surface area contributed by atoms with Crippen molar-refractivity contribution in [2.24, 2.45) is 0 Å². The van der Waals surface area contributed by atoms with E-state index >= 15 is 0 Å². The first-order valence-electron chi connectivity index (χ1n) is 5.72. The lowest BCUT2D eigenvalue weighted by atomic mass is 10.3. The molecule has 0 unspecified atom stereocenters. The molecule has 0 aliphatic heterocycles. The molecule has 0 aromatic carbocycles. The molecule has 0 saturated heterocycles. The van der Waals surface area contributed by atoms with Crippen molar-refractivity contribution < 1.29 is 0 Å². The Morgan fingerprint density at radius 1 is 0.438 bits per heavy atom. The molecule has 0 spiro atoms. The van der Waals surface area contributed by atoms with Gasteiger partial charge in [0.25, 0.3) is 0 Å². The fourth-order valence-electron chi connectivity index (χ4n) is 2.49. The van der Waals surface area contributed by atoms with Crippen LogP contribution in [0.15, 0.2) is 0 Å². The maximum atomic E-state index is 2.59. The van der Waals surface area contributed by atoms with E-state index in [1.807, 2.05) is 0 Å².